The first-order valence-electron chi connectivity index (χ1n) is 4.98. The van der Waals surface area contributed by atoms with E-state index >= 15 is 0 Å². The highest BCUT2D eigenvalue weighted by atomic mass is 16.2. The van der Waals surface area contributed by atoms with Crippen LogP contribution in [0, 0.1) is 5.92 Å². The van der Waals surface area contributed by atoms with Gasteiger partial charge in [-0.1, -0.05) is 13.8 Å². The minimum absolute atomic E-state index is 0.0705. The lowest BCUT2D eigenvalue weighted by Crippen LogP contribution is -2.40. The van der Waals surface area contributed by atoms with Gasteiger partial charge in [0.15, 0.2) is 0 Å². The number of carbonyl (C=O) groups excluding carboxylic acids is 2. The summed E-state index contributed by atoms with van der Waals surface area (Å²) in [6, 6.07) is 0.115. The Bertz CT molecular complexity index is 178. The van der Waals surface area contributed by atoms with Crippen LogP contribution in [-0.2, 0) is 9.59 Å². The fourth-order valence-corrected chi connectivity index (χ4v) is 0.995. The zero-order valence-electron chi connectivity index (χ0n) is 9.39. The smallest absolute Gasteiger partial charge is 0.239 e. The number of carbonyl (C=O) groups is 2. The van der Waals surface area contributed by atoms with Gasteiger partial charge in [-0.3, -0.25) is 9.59 Å². The molecule has 0 aromatic carbocycles. The Morgan fingerprint density at radius 1 is 1.07 bits per heavy atom. The fourth-order valence-electron chi connectivity index (χ4n) is 0.995. The van der Waals surface area contributed by atoms with E-state index in [1.807, 2.05) is 27.7 Å². The summed E-state index contributed by atoms with van der Waals surface area (Å²) >= 11 is 0. The van der Waals surface area contributed by atoms with Gasteiger partial charge < -0.3 is 10.6 Å². The van der Waals surface area contributed by atoms with Crippen LogP contribution in [0.25, 0.3) is 0 Å². The second-order valence-corrected chi connectivity index (χ2v) is 4.10. The third-order valence-corrected chi connectivity index (χ3v) is 1.49. The lowest BCUT2D eigenvalue weighted by molar-refractivity contribution is -0.126. The van der Waals surface area contributed by atoms with Crippen molar-refractivity contribution < 1.29 is 9.59 Å². The highest BCUT2D eigenvalue weighted by Gasteiger charge is 2.07. The molecule has 0 spiro atoms. The molecule has 0 aliphatic heterocycles. The van der Waals surface area contributed by atoms with Crippen molar-refractivity contribution in [3.63, 3.8) is 0 Å². The molecule has 2 amide bonds. The van der Waals surface area contributed by atoms with Gasteiger partial charge in [-0.25, -0.2) is 0 Å². The molecule has 0 aromatic rings. The van der Waals surface area contributed by atoms with Gasteiger partial charge in [0.2, 0.25) is 11.8 Å². The molecule has 82 valence electrons. The maximum atomic E-state index is 11.2. The van der Waals surface area contributed by atoms with Gasteiger partial charge in [-0.15, -0.1) is 0 Å². The van der Waals surface area contributed by atoms with Crippen LogP contribution in [0.1, 0.15) is 34.1 Å². The van der Waals surface area contributed by atoms with Crippen LogP contribution in [0.5, 0.6) is 0 Å². The van der Waals surface area contributed by atoms with Gasteiger partial charge in [0, 0.05) is 12.5 Å². The standard InChI is InChI=1S/C10H20N2O2/c1-7(2)5-9(13)11-6-10(14)12-8(3)4/h7-8H,5-6H2,1-4H3,(H,11,13)(H,12,14). The van der Waals surface area contributed by atoms with Crippen LogP contribution in [0.4, 0.5) is 0 Å². The molecule has 0 rings (SSSR count). The van der Waals surface area contributed by atoms with E-state index in [0.29, 0.717) is 12.3 Å². The van der Waals surface area contributed by atoms with E-state index < -0.39 is 0 Å². The average molecular weight is 200 g/mol. The third kappa shape index (κ3) is 7.58. The van der Waals surface area contributed by atoms with Crippen LogP contribution < -0.4 is 10.6 Å². The van der Waals surface area contributed by atoms with Gasteiger partial charge in [0.25, 0.3) is 0 Å². The van der Waals surface area contributed by atoms with Crippen LogP contribution >= 0.6 is 0 Å². The van der Waals surface area contributed by atoms with Crippen molar-refractivity contribution in [3.05, 3.63) is 0 Å². The van der Waals surface area contributed by atoms with Crippen molar-refractivity contribution in [2.75, 3.05) is 6.54 Å². The summed E-state index contributed by atoms with van der Waals surface area (Å²) in [5, 5.41) is 5.27. The average Bonchev–Trinajstić information content (AvgIpc) is 1.98. The van der Waals surface area contributed by atoms with Crippen molar-refractivity contribution in [1.82, 2.24) is 10.6 Å². The Labute approximate surface area is 85.4 Å². The molecule has 0 aromatic heterocycles. The molecule has 0 aliphatic carbocycles. The molecule has 0 saturated carbocycles. The molecule has 0 atom stereocenters. The van der Waals surface area contributed by atoms with Crippen molar-refractivity contribution >= 4 is 11.8 Å². The van der Waals surface area contributed by atoms with Gasteiger partial charge in [0.1, 0.15) is 0 Å². The zero-order chi connectivity index (χ0) is 11.1. The first-order valence-corrected chi connectivity index (χ1v) is 4.98. The molecule has 2 N–H and O–H groups in total. The summed E-state index contributed by atoms with van der Waals surface area (Å²) in [7, 11) is 0. The van der Waals surface area contributed by atoms with E-state index in [4.69, 9.17) is 0 Å². The predicted octanol–water partition coefficient (Wildman–Crippen LogP) is 0.673. The fraction of sp³-hybridized carbons (Fsp3) is 0.800. The van der Waals surface area contributed by atoms with Crippen molar-refractivity contribution in [1.29, 1.82) is 0 Å². The van der Waals surface area contributed by atoms with E-state index in [1.165, 1.54) is 0 Å². The first kappa shape index (κ1) is 12.9. The summed E-state index contributed by atoms with van der Waals surface area (Å²) in [6.07, 6.45) is 0.467. The number of nitrogens with one attached hydrogen (secondary N) is 2. The van der Waals surface area contributed by atoms with Crippen LogP contribution in [0.2, 0.25) is 0 Å². The highest BCUT2D eigenvalue weighted by molar-refractivity contribution is 5.84. The largest absolute Gasteiger partial charge is 0.352 e. The molecule has 4 heteroatoms. The molecule has 4 nitrogen and oxygen atoms in total. The van der Waals surface area contributed by atoms with Gasteiger partial charge in [0.05, 0.1) is 6.54 Å². The predicted molar refractivity (Wildman–Crippen MR) is 55.7 cm³/mol. The molecular weight excluding hydrogens is 180 g/mol. The molecule has 0 fully saturated rings. The molecule has 0 bridgehead atoms. The lowest BCUT2D eigenvalue weighted by atomic mass is 10.1. The zero-order valence-corrected chi connectivity index (χ0v) is 9.39. The molecular formula is C10H20N2O2. The summed E-state index contributed by atoms with van der Waals surface area (Å²) in [6.45, 7) is 7.77. The minimum Gasteiger partial charge on any atom is -0.352 e. The topological polar surface area (TPSA) is 58.2 Å². The van der Waals surface area contributed by atoms with Gasteiger partial charge in [-0.05, 0) is 19.8 Å². The first-order chi connectivity index (χ1) is 6.41. The third-order valence-electron chi connectivity index (χ3n) is 1.49. The maximum Gasteiger partial charge on any atom is 0.239 e. The molecule has 0 radical (unpaired) electrons. The molecule has 14 heavy (non-hydrogen) atoms. The normalized spacial score (nSPS) is 10.4. The second kappa shape index (κ2) is 6.40. The van der Waals surface area contributed by atoms with E-state index in [1.54, 1.807) is 0 Å². The second-order valence-electron chi connectivity index (χ2n) is 4.10. The molecule has 0 unspecified atom stereocenters. The Kier molecular flexibility index (Phi) is 5.92. The molecule has 0 saturated heterocycles. The minimum atomic E-state index is -0.142. The van der Waals surface area contributed by atoms with Crippen LogP contribution in [0.15, 0.2) is 0 Å². The summed E-state index contributed by atoms with van der Waals surface area (Å²) < 4.78 is 0. The number of rotatable bonds is 5. The van der Waals surface area contributed by atoms with E-state index in [-0.39, 0.29) is 24.4 Å². The van der Waals surface area contributed by atoms with E-state index in [9.17, 15) is 9.59 Å². The van der Waals surface area contributed by atoms with Crippen LogP contribution in [-0.4, -0.2) is 24.4 Å². The Balaban J connectivity index is 3.61. The number of hydrogen-bond acceptors (Lipinski definition) is 2. The molecule has 0 aliphatic rings. The monoisotopic (exact) mass is 200 g/mol. The number of amides is 2. The van der Waals surface area contributed by atoms with Crippen molar-refractivity contribution in [2.45, 2.75) is 40.2 Å². The highest BCUT2D eigenvalue weighted by Crippen LogP contribution is 1.97. The van der Waals surface area contributed by atoms with E-state index in [2.05, 4.69) is 10.6 Å². The Hall–Kier alpha value is -1.06. The van der Waals surface area contributed by atoms with Crippen molar-refractivity contribution in [2.24, 2.45) is 5.92 Å². The summed E-state index contributed by atoms with van der Waals surface area (Å²) in [5.41, 5.74) is 0. The lowest BCUT2D eigenvalue weighted by Gasteiger charge is -2.09. The van der Waals surface area contributed by atoms with E-state index in [0.717, 1.165) is 0 Å². The maximum absolute atomic E-state index is 11.2. The van der Waals surface area contributed by atoms with Crippen molar-refractivity contribution in [3.8, 4) is 0 Å². The van der Waals surface area contributed by atoms with Gasteiger partial charge >= 0.3 is 0 Å². The number of hydrogen-bond donors (Lipinski definition) is 2. The summed E-state index contributed by atoms with van der Waals surface area (Å²) in [5.74, 6) is 0.110. The Morgan fingerprint density at radius 2 is 1.64 bits per heavy atom. The Morgan fingerprint density at radius 3 is 2.07 bits per heavy atom. The molecule has 0 heterocycles. The van der Waals surface area contributed by atoms with Gasteiger partial charge in [-0.2, -0.15) is 0 Å². The summed E-state index contributed by atoms with van der Waals surface area (Å²) in [4.78, 5) is 22.3. The quantitative estimate of drug-likeness (QED) is 0.685. The SMILES string of the molecule is CC(C)CC(=O)NCC(=O)NC(C)C. The van der Waals surface area contributed by atoms with Crippen LogP contribution in [0.3, 0.4) is 0 Å².